The lowest BCUT2D eigenvalue weighted by molar-refractivity contribution is 0.0697. The van der Waals surface area contributed by atoms with Crippen molar-refractivity contribution in [1.29, 1.82) is 0 Å². The first-order valence-electron chi connectivity index (χ1n) is 17.4. The van der Waals surface area contributed by atoms with Crippen molar-refractivity contribution in [3.8, 4) is 44.5 Å². The second-order valence-electron chi connectivity index (χ2n) is 13.4. The molecule has 7 nitrogen and oxygen atoms in total. The quantitative estimate of drug-likeness (QED) is 0.167. The maximum absolute atomic E-state index is 11.8. The van der Waals surface area contributed by atoms with Gasteiger partial charge in [-0.1, -0.05) is 71.8 Å². The largest absolute Gasteiger partial charge is 0.478 e. The molecule has 254 valence electrons. The molecule has 0 fully saturated rings. The predicted molar refractivity (Wildman–Crippen MR) is 215 cm³/mol. The van der Waals surface area contributed by atoms with E-state index in [1.165, 1.54) is 11.1 Å². The lowest BCUT2D eigenvalue weighted by Crippen LogP contribution is -1.95. The minimum Gasteiger partial charge on any atom is -0.478 e. The highest BCUT2D eigenvalue weighted by atomic mass is 16.4. The van der Waals surface area contributed by atoms with Crippen LogP contribution in [0.25, 0.3) is 90.9 Å². The zero-order valence-corrected chi connectivity index (χ0v) is 29.1. The molecule has 6 heterocycles. The number of hydrogen-bond acceptors (Lipinski definition) is 4. The second-order valence-corrected chi connectivity index (χ2v) is 13.4. The van der Waals surface area contributed by atoms with Crippen LogP contribution in [0.3, 0.4) is 0 Å². The zero-order chi connectivity index (χ0) is 36.1. The molecule has 0 spiro atoms. The van der Waals surface area contributed by atoms with Crippen LogP contribution in [-0.4, -0.2) is 36.0 Å². The van der Waals surface area contributed by atoms with Gasteiger partial charge >= 0.3 is 5.97 Å². The van der Waals surface area contributed by atoms with Crippen LogP contribution in [0.2, 0.25) is 0 Å². The standard InChI is InChI=1S/C46H33N5O2/c1-27-3-7-29(8-4-27)42-34-15-17-38(48-34)44(31-11-13-33(14-12-31)46(52)53)39-18-16-35(49-39)43(30-9-5-28(2)6-10-30)37-20-22-41(51-37)45(32-23-25-47-26-24-32)40-21-19-36(42)50-40/h3-26,48,51H,1-2H3,(H,52,53). The molecule has 4 aromatic heterocycles. The van der Waals surface area contributed by atoms with Crippen LogP contribution in [0.15, 0.2) is 122 Å². The number of fused-ring (bicyclic) bond motifs is 8. The summed E-state index contributed by atoms with van der Waals surface area (Å²) in [6.45, 7) is 4.17. The van der Waals surface area contributed by atoms with E-state index in [-0.39, 0.29) is 5.56 Å². The molecule has 0 amide bonds. The zero-order valence-electron chi connectivity index (χ0n) is 29.1. The topological polar surface area (TPSA) is 108 Å². The minimum atomic E-state index is -0.971. The Bertz CT molecular complexity index is 2750. The van der Waals surface area contributed by atoms with E-state index >= 15 is 0 Å². The maximum atomic E-state index is 11.8. The Labute approximate surface area is 305 Å². The number of carboxylic acids is 1. The molecule has 0 atom stereocenters. The molecule has 2 aliphatic rings. The van der Waals surface area contributed by atoms with Gasteiger partial charge in [0.25, 0.3) is 0 Å². The Morgan fingerprint density at radius 3 is 1.11 bits per heavy atom. The van der Waals surface area contributed by atoms with Crippen molar-refractivity contribution < 1.29 is 9.90 Å². The normalized spacial score (nSPS) is 12.0. The fraction of sp³-hybridized carbons (Fsp3) is 0.0435. The SMILES string of the molecule is Cc1ccc(-c2c3nc(c(-c4ccc(C(=O)O)cc4)c4ccc([nH]4)c(-c4ccc(C)cc4)c4nc(c(-c5ccncc5)c5ccc2[nH]5)C=C4)C=C3)cc1. The van der Waals surface area contributed by atoms with Gasteiger partial charge in [0.05, 0.1) is 28.3 Å². The first kappa shape index (κ1) is 31.8. The number of benzene rings is 3. The summed E-state index contributed by atoms with van der Waals surface area (Å²) < 4.78 is 0. The fourth-order valence-corrected chi connectivity index (χ4v) is 7.16. The molecular formula is C46H33N5O2. The van der Waals surface area contributed by atoms with Crippen LogP contribution in [0.1, 0.15) is 44.3 Å². The van der Waals surface area contributed by atoms with E-state index in [2.05, 4.69) is 120 Å². The van der Waals surface area contributed by atoms with Gasteiger partial charge in [0.15, 0.2) is 0 Å². The highest BCUT2D eigenvalue weighted by Gasteiger charge is 2.19. The maximum Gasteiger partial charge on any atom is 0.335 e. The first-order chi connectivity index (χ1) is 25.9. The number of aryl methyl sites for hydroxylation is 2. The molecule has 0 saturated carbocycles. The Hall–Kier alpha value is -7.12. The highest BCUT2D eigenvalue weighted by molar-refractivity contribution is 6.00. The van der Waals surface area contributed by atoms with Gasteiger partial charge in [0.1, 0.15) is 0 Å². The third kappa shape index (κ3) is 5.84. The van der Waals surface area contributed by atoms with E-state index in [1.807, 2.05) is 42.7 Å². The van der Waals surface area contributed by atoms with Gasteiger partial charge in [0, 0.05) is 56.7 Å². The van der Waals surface area contributed by atoms with Gasteiger partial charge in [-0.2, -0.15) is 0 Å². The Balaban J connectivity index is 1.46. The number of hydrogen-bond donors (Lipinski definition) is 3. The fourth-order valence-electron chi connectivity index (χ4n) is 7.16. The van der Waals surface area contributed by atoms with Gasteiger partial charge < -0.3 is 15.1 Å². The number of nitrogens with one attached hydrogen (secondary N) is 2. The van der Waals surface area contributed by atoms with Gasteiger partial charge in [-0.05, 0) is 109 Å². The van der Waals surface area contributed by atoms with Crippen molar-refractivity contribution >= 4 is 52.3 Å². The molecule has 9 rings (SSSR count). The van der Waals surface area contributed by atoms with E-state index in [0.29, 0.717) is 0 Å². The summed E-state index contributed by atoms with van der Waals surface area (Å²) in [5, 5.41) is 9.67. The van der Waals surface area contributed by atoms with Crippen LogP contribution in [0, 0.1) is 13.8 Å². The van der Waals surface area contributed by atoms with Crippen LogP contribution in [0.4, 0.5) is 0 Å². The molecule has 53 heavy (non-hydrogen) atoms. The molecule has 3 aromatic carbocycles. The molecule has 2 aliphatic heterocycles. The monoisotopic (exact) mass is 687 g/mol. The number of aromatic nitrogens is 5. The van der Waals surface area contributed by atoms with Crippen molar-refractivity contribution in [3.63, 3.8) is 0 Å². The van der Waals surface area contributed by atoms with Crippen LogP contribution >= 0.6 is 0 Å². The van der Waals surface area contributed by atoms with E-state index in [9.17, 15) is 9.90 Å². The number of carboxylic acid groups (broad SMARTS) is 1. The third-order valence-electron chi connectivity index (χ3n) is 9.82. The van der Waals surface area contributed by atoms with Crippen LogP contribution in [0.5, 0.6) is 0 Å². The summed E-state index contributed by atoms with van der Waals surface area (Å²) in [6.07, 6.45) is 11.9. The first-order valence-corrected chi connectivity index (χ1v) is 17.4. The molecule has 0 aliphatic carbocycles. The molecule has 8 bridgehead atoms. The molecule has 0 radical (unpaired) electrons. The minimum absolute atomic E-state index is 0.222. The van der Waals surface area contributed by atoms with E-state index in [4.69, 9.17) is 9.97 Å². The summed E-state index contributed by atoms with van der Waals surface area (Å²) >= 11 is 0. The summed E-state index contributed by atoms with van der Waals surface area (Å²) in [6, 6.07) is 36.3. The van der Waals surface area contributed by atoms with Gasteiger partial charge in [-0.25, -0.2) is 14.8 Å². The van der Waals surface area contributed by atoms with Crippen molar-refractivity contribution in [3.05, 3.63) is 161 Å². The molecule has 7 aromatic rings. The van der Waals surface area contributed by atoms with Gasteiger partial charge in [-0.15, -0.1) is 0 Å². The van der Waals surface area contributed by atoms with E-state index < -0.39 is 5.97 Å². The van der Waals surface area contributed by atoms with Crippen LogP contribution in [-0.2, 0) is 0 Å². The van der Waals surface area contributed by atoms with Gasteiger partial charge in [-0.3, -0.25) is 4.98 Å². The molecule has 7 heteroatoms. The average molecular weight is 688 g/mol. The molecule has 0 saturated heterocycles. The summed E-state index contributed by atoms with van der Waals surface area (Å²) in [7, 11) is 0. The summed E-state index contributed by atoms with van der Waals surface area (Å²) in [4.78, 5) is 34.2. The highest BCUT2D eigenvalue weighted by Crippen LogP contribution is 2.38. The van der Waals surface area contributed by atoms with Crippen molar-refractivity contribution in [1.82, 2.24) is 24.9 Å². The summed E-state index contributed by atoms with van der Waals surface area (Å²) in [5.41, 5.74) is 17.0. The predicted octanol–water partition coefficient (Wildman–Crippen LogP) is 11.0. The molecule has 0 unspecified atom stereocenters. The second kappa shape index (κ2) is 12.9. The smallest absolute Gasteiger partial charge is 0.335 e. The molecule has 3 N–H and O–H groups in total. The lowest BCUT2D eigenvalue weighted by atomic mass is 10.0. The number of aromatic amines is 2. The van der Waals surface area contributed by atoms with Crippen LogP contribution < -0.4 is 0 Å². The number of pyridine rings is 1. The Morgan fingerprint density at radius 2 is 0.774 bits per heavy atom. The Morgan fingerprint density at radius 1 is 0.453 bits per heavy atom. The Kier molecular flexibility index (Phi) is 7.74. The summed E-state index contributed by atoms with van der Waals surface area (Å²) in [5.74, 6) is -0.971. The number of rotatable bonds is 5. The molecular weight excluding hydrogens is 655 g/mol. The van der Waals surface area contributed by atoms with Crippen molar-refractivity contribution in [2.75, 3.05) is 0 Å². The average Bonchev–Trinajstić information content (AvgIpc) is 4.02. The number of aromatic carboxylic acids is 1. The van der Waals surface area contributed by atoms with Gasteiger partial charge in [0.2, 0.25) is 0 Å². The lowest BCUT2D eigenvalue weighted by Gasteiger charge is -2.07. The number of nitrogens with zero attached hydrogens (tertiary/aromatic N) is 3. The number of carbonyl (C=O) groups is 1. The van der Waals surface area contributed by atoms with Crippen molar-refractivity contribution in [2.24, 2.45) is 0 Å². The van der Waals surface area contributed by atoms with Crippen molar-refractivity contribution in [2.45, 2.75) is 13.8 Å². The third-order valence-corrected chi connectivity index (χ3v) is 9.82. The van der Waals surface area contributed by atoms with E-state index in [0.717, 1.165) is 89.4 Å². The number of H-pyrrole nitrogens is 2. The van der Waals surface area contributed by atoms with E-state index in [1.54, 1.807) is 12.1 Å².